The van der Waals surface area contributed by atoms with Crippen LogP contribution in [0.3, 0.4) is 0 Å². The van der Waals surface area contributed by atoms with Crippen LogP contribution in [0.15, 0.2) is 39.9 Å². The summed E-state index contributed by atoms with van der Waals surface area (Å²) in [5.41, 5.74) is 7.94. The summed E-state index contributed by atoms with van der Waals surface area (Å²) < 4.78 is 5.36. The van der Waals surface area contributed by atoms with E-state index >= 15 is 0 Å². The maximum atomic E-state index is 5.50. The van der Waals surface area contributed by atoms with Crippen molar-refractivity contribution in [2.45, 2.75) is 19.9 Å². The maximum absolute atomic E-state index is 5.50. The van der Waals surface area contributed by atoms with E-state index in [0.717, 1.165) is 6.54 Å². The van der Waals surface area contributed by atoms with E-state index in [1.807, 2.05) is 33.0 Å². The standard InChI is InChI=1S/C13H18N4O/c1-4-6-9-8-17(3)11(10(9)7-5-2)12-15-16-13(14)18-12/h4-7,11H,8H2,1-3H3,(H2,14,16)/b6-4-,7-5-. The molecule has 2 heterocycles. The van der Waals surface area contributed by atoms with E-state index in [1.54, 1.807) is 0 Å². The number of rotatable bonds is 3. The molecule has 1 aromatic rings. The fraction of sp³-hybridized carbons (Fsp3) is 0.385. The zero-order chi connectivity index (χ0) is 13.1. The first-order chi connectivity index (χ1) is 8.67. The van der Waals surface area contributed by atoms with E-state index in [0.29, 0.717) is 5.89 Å². The van der Waals surface area contributed by atoms with Gasteiger partial charge >= 0.3 is 6.01 Å². The van der Waals surface area contributed by atoms with Crippen LogP contribution in [0.5, 0.6) is 0 Å². The van der Waals surface area contributed by atoms with Gasteiger partial charge < -0.3 is 10.2 Å². The zero-order valence-electron chi connectivity index (χ0n) is 10.9. The van der Waals surface area contributed by atoms with Crippen molar-refractivity contribution in [2.75, 3.05) is 19.3 Å². The number of allylic oxidation sites excluding steroid dienone is 2. The van der Waals surface area contributed by atoms with Crippen LogP contribution >= 0.6 is 0 Å². The number of hydrogen-bond acceptors (Lipinski definition) is 5. The fourth-order valence-corrected chi connectivity index (χ4v) is 2.27. The number of nitrogens with two attached hydrogens (primary N) is 1. The van der Waals surface area contributed by atoms with Crippen LogP contribution in [-0.4, -0.2) is 28.7 Å². The Morgan fingerprint density at radius 3 is 2.56 bits per heavy atom. The number of likely N-dealkylation sites (N-methyl/N-ethyl adjacent to an activating group) is 1. The summed E-state index contributed by atoms with van der Waals surface area (Å²) in [6.07, 6.45) is 8.26. The minimum absolute atomic E-state index is 0.0165. The molecule has 2 rings (SSSR count). The van der Waals surface area contributed by atoms with Crippen molar-refractivity contribution in [3.8, 4) is 0 Å². The predicted molar refractivity (Wildman–Crippen MR) is 70.7 cm³/mol. The molecule has 96 valence electrons. The summed E-state index contributed by atoms with van der Waals surface area (Å²) in [4.78, 5) is 2.16. The molecule has 5 nitrogen and oxygen atoms in total. The zero-order valence-corrected chi connectivity index (χ0v) is 10.9. The molecule has 1 atom stereocenters. The third kappa shape index (κ3) is 2.22. The Morgan fingerprint density at radius 2 is 2.00 bits per heavy atom. The van der Waals surface area contributed by atoms with Crippen LogP contribution in [0.1, 0.15) is 25.8 Å². The molecule has 0 saturated carbocycles. The molecule has 0 saturated heterocycles. The molecule has 0 aliphatic carbocycles. The van der Waals surface area contributed by atoms with Crippen molar-refractivity contribution in [3.05, 3.63) is 41.3 Å². The van der Waals surface area contributed by atoms with Crippen molar-refractivity contribution in [1.29, 1.82) is 0 Å². The van der Waals surface area contributed by atoms with Crippen LogP contribution in [0.2, 0.25) is 0 Å². The van der Waals surface area contributed by atoms with Crippen molar-refractivity contribution < 1.29 is 4.42 Å². The lowest BCUT2D eigenvalue weighted by Gasteiger charge is -2.17. The van der Waals surface area contributed by atoms with E-state index in [1.165, 1.54) is 11.1 Å². The van der Waals surface area contributed by atoms with Crippen LogP contribution in [0.4, 0.5) is 6.01 Å². The Hall–Kier alpha value is -1.88. The van der Waals surface area contributed by atoms with Gasteiger partial charge in [0.15, 0.2) is 0 Å². The minimum Gasteiger partial charge on any atom is -0.406 e. The molecular weight excluding hydrogens is 228 g/mol. The highest BCUT2D eigenvalue weighted by Crippen LogP contribution is 2.36. The van der Waals surface area contributed by atoms with Gasteiger partial charge in [-0.25, -0.2) is 0 Å². The first kappa shape index (κ1) is 12.6. The van der Waals surface area contributed by atoms with Gasteiger partial charge in [0.2, 0.25) is 5.89 Å². The summed E-state index contributed by atoms with van der Waals surface area (Å²) in [5.74, 6) is 0.544. The Labute approximate surface area is 107 Å². The van der Waals surface area contributed by atoms with Crippen molar-refractivity contribution >= 4 is 6.01 Å². The van der Waals surface area contributed by atoms with Gasteiger partial charge in [-0.3, -0.25) is 4.90 Å². The monoisotopic (exact) mass is 246 g/mol. The van der Waals surface area contributed by atoms with Crippen LogP contribution in [-0.2, 0) is 0 Å². The van der Waals surface area contributed by atoms with Gasteiger partial charge in [-0.15, -0.1) is 5.10 Å². The van der Waals surface area contributed by atoms with Gasteiger partial charge in [-0.2, -0.15) is 0 Å². The highest BCUT2D eigenvalue weighted by Gasteiger charge is 2.32. The number of anilines is 1. The SMILES string of the molecule is C/C=C\C1=C(/C=C\C)C(c2nnc(N)o2)N(C)C1. The minimum atomic E-state index is -0.0165. The van der Waals surface area contributed by atoms with Crippen LogP contribution in [0, 0.1) is 0 Å². The van der Waals surface area contributed by atoms with Gasteiger partial charge in [0.1, 0.15) is 6.04 Å². The van der Waals surface area contributed by atoms with Crippen LogP contribution in [0.25, 0.3) is 0 Å². The first-order valence-corrected chi connectivity index (χ1v) is 5.95. The molecule has 0 radical (unpaired) electrons. The van der Waals surface area contributed by atoms with Crippen molar-refractivity contribution in [2.24, 2.45) is 0 Å². The third-order valence-corrected chi connectivity index (χ3v) is 2.93. The number of hydrogen-bond donors (Lipinski definition) is 1. The third-order valence-electron chi connectivity index (χ3n) is 2.93. The molecule has 18 heavy (non-hydrogen) atoms. The normalized spacial score (nSPS) is 21.8. The predicted octanol–water partition coefficient (Wildman–Crippen LogP) is 2.09. The average molecular weight is 246 g/mol. The molecule has 1 unspecified atom stereocenters. The Bertz CT molecular complexity index is 513. The Kier molecular flexibility index (Phi) is 3.62. The summed E-state index contributed by atoms with van der Waals surface area (Å²) in [6, 6.07) is 0.0925. The van der Waals surface area contributed by atoms with E-state index in [9.17, 15) is 0 Å². The maximum Gasteiger partial charge on any atom is 0.312 e. The summed E-state index contributed by atoms with van der Waals surface area (Å²) in [7, 11) is 2.03. The van der Waals surface area contributed by atoms with Gasteiger partial charge in [0.25, 0.3) is 0 Å². The highest BCUT2D eigenvalue weighted by atomic mass is 16.4. The number of nitrogen functional groups attached to an aromatic ring is 1. The highest BCUT2D eigenvalue weighted by molar-refractivity contribution is 5.43. The van der Waals surface area contributed by atoms with Gasteiger partial charge in [0.05, 0.1) is 0 Å². The molecule has 0 fully saturated rings. The molecule has 5 heteroatoms. The first-order valence-electron chi connectivity index (χ1n) is 5.95. The van der Waals surface area contributed by atoms with Crippen LogP contribution < -0.4 is 5.73 Å². The molecule has 0 amide bonds. The molecule has 1 aromatic heterocycles. The smallest absolute Gasteiger partial charge is 0.312 e. The molecule has 0 bridgehead atoms. The van der Waals surface area contributed by atoms with E-state index in [2.05, 4.69) is 27.2 Å². The average Bonchev–Trinajstić information content (AvgIpc) is 2.85. The molecule has 1 aliphatic rings. The Balaban J connectivity index is 2.44. The van der Waals surface area contributed by atoms with Gasteiger partial charge in [0, 0.05) is 6.54 Å². The van der Waals surface area contributed by atoms with E-state index < -0.39 is 0 Å². The lowest BCUT2D eigenvalue weighted by molar-refractivity contribution is 0.285. The molecule has 1 aliphatic heterocycles. The number of nitrogens with zero attached hydrogens (tertiary/aromatic N) is 3. The second-order valence-electron chi connectivity index (χ2n) is 4.28. The molecular formula is C13H18N4O. The summed E-state index contributed by atoms with van der Waals surface area (Å²) in [6.45, 7) is 4.87. The van der Waals surface area contributed by atoms with E-state index in [4.69, 9.17) is 10.2 Å². The lowest BCUT2D eigenvalue weighted by atomic mass is 10.0. The largest absolute Gasteiger partial charge is 0.406 e. The van der Waals surface area contributed by atoms with Crippen molar-refractivity contribution in [1.82, 2.24) is 15.1 Å². The number of aromatic nitrogens is 2. The molecule has 2 N–H and O–H groups in total. The lowest BCUT2D eigenvalue weighted by Crippen LogP contribution is -2.20. The van der Waals surface area contributed by atoms with Crippen molar-refractivity contribution in [3.63, 3.8) is 0 Å². The summed E-state index contributed by atoms with van der Waals surface area (Å²) >= 11 is 0. The second kappa shape index (κ2) is 5.18. The summed E-state index contributed by atoms with van der Waals surface area (Å²) in [5, 5.41) is 7.73. The second-order valence-corrected chi connectivity index (χ2v) is 4.28. The van der Waals surface area contributed by atoms with E-state index in [-0.39, 0.29) is 12.1 Å². The fourth-order valence-electron chi connectivity index (χ4n) is 2.27. The van der Waals surface area contributed by atoms with Gasteiger partial charge in [-0.05, 0) is 32.0 Å². The topological polar surface area (TPSA) is 68.2 Å². The molecule has 0 aromatic carbocycles. The molecule has 0 spiro atoms. The van der Waals surface area contributed by atoms with Gasteiger partial charge in [-0.1, -0.05) is 29.4 Å². The quantitative estimate of drug-likeness (QED) is 0.884. The Morgan fingerprint density at radius 1 is 1.28 bits per heavy atom.